The lowest BCUT2D eigenvalue weighted by atomic mass is 10.1. The number of furan rings is 1. The van der Waals surface area contributed by atoms with Gasteiger partial charge < -0.3 is 23.3 Å². The maximum atomic E-state index is 12.7. The molecule has 0 radical (unpaired) electrons. The van der Waals surface area contributed by atoms with Crippen LogP contribution in [0.1, 0.15) is 16.1 Å². The largest absolute Gasteiger partial charge is 0.497 e. The Morgan fingerprint density at radius 3 is 2.59 bits per heavy atom. The van der Waals surface area contributed by atoms with Gasteiger partial charge in [-0.2, -0.15) is 0 Å². The Bertz CT molecular complexity index is 959. The number of hydrogen-bond donors (Lipinski definition) is 0. The van der Waals surface area contributed by atoms with E-state index in [-0.39, 0.29) is 5.91 Å². The van der Waals surface area contributed by atoms with Crippen LogP contribution < -0.4 is 9.47 Å². The van der Waals surface area contributed by atoms with Crippen molar-refractivity contribution in [3.63, 3.8) is 0 Å². The molecule has 0 spiro atoms. The molecule has 1 saturated heterocycles. The van der Waals surface area contributed by atoms with Gasteiger partial charge in [-0.3, -0.25) is 9.69 Å². The fourth-order valence-electron chi connectivity index (χ4n) is 3.43. The SMILES string of the molecule is COc1ccc(OC)c(CN2CCN(C(=O)c3cc(-c4ccco4)on3)CC2)c1. The van der Waals surface area contributed by atoms with E-state index in [0.717, 1.165) is 36.7 Å². The van der Waals surface area contributed by atoms with Gasteiger partial charge in [-0.25, -0.2) is 0 Å². The minimum absolute atomic E-state index is 0.134. The molecular weight excluding hydrogens is 374 g/mol. The third-order valence-corrected chi connectivity index (χ3v) is 5.03. The van der Waals surface area contributed by atoms with Crippen LogP contribution in [0.3, 0.4) is 0 Å². The molecule has 0 bridgehead atoms. The Morgan fingerprint density at radius 1 is 1.07 bits per heavy atom. The Hall–Kier alpha value is -3.26. The van der Waals surface area contributed by atoms with Crippen molar-refractivity contribution in [1.82, 2.24) is 15.0 Å². The molecular formula is C21H23N3O5. The fourth-order valence-corrected chi connectivity index (χ4v) is 3.43. The van der Waals surface area contributed by atoms with Crippen LogP contribution in [0.5, 0.6) is 11.5 Å². The van der Waals surface area contributed by atoms with Crippen molar-refractivity contribution in [3.05, 3.63) is 53.9 Å². The van der Waals surface area contributed by atoms with Crippen molar-refractivity contribution in [2.24, 2.45) is 0 Å². The van der Waals surface area contributed by atoms with Gasteiger partial charge in [0.2, 0.25) is 5.76 Å². The van der Waals surface area contributed by atoms with Gasteiger partial charge in [0.15, 0.2) is 11.5 Å². The molecule has 1 aromatic carbocycles. The Balaban J connectivity index is 1.37. The standard InChI is InChI=1S/C21H23N3O5/c1-26-16-5-6-18(27-2)15(12-16)14-23-7-9-24(10-8-23)21(25)17-13-20(29-22-17)19-4-3-11-28-19/h3-6,11-13H,7-10,14H2,1-2H3. The maximum absolute atomic E-state index is 12.7. The molecule has 8 heteroatoms. The molecule has 29 heavy (non-hydrogen) atoms. The van der Waals surface area contributed by atoms with E-state index in [2.05, 4.69) is 10.1 Å². The van der Waals surface area contributed by atoms with Gasteiger partial charge in [-0.15, -0.1) is 0 Å². The molecule has 3 aromatic rings. The zero-order valence-corrected chi connectivity index (χ0v) is 16.5. The lowest BCUT2D eigenvalue weighted by molar-refractivity contribution is 0.0617. The summed E-state index contributed by atoms with van der Waals surface area (Å²) in [5, 5.41) is 3.91. The van der Waals surface area contributed by atoms with Crippen molar-refractivity contribution in [3.8, 4) is 23.0 Å². The average Bonchev–Trinajstić information content (AvgIpc) is 3.45. The summed E-state index contributed by atoms with van der Waals surface area (Å²) in [6.45, 7) is 3.49. The second kappa shape index (κ2) is 8.40. The van der Waals surface area contributed by atoms with Crippen molar-refractivity contribution in [1.29, 1.82) is 0 Å². The van der Waals surface area contributed by atoms with E-state index in [1.807, 2.05) is 18.2 Å². The number of hydrogen-bond acceptors (Lipinski definition) is 7. The molecule has 1 amide bonds. The second-order valence-electron chi connectivity index (χ2n) is 6.80. The highest BCUT2D eigenvalue weighted by atomic mass is 16.5. The quantitative estimate of drug-likeness (QED) is 0.633. The molecule has 152 valence electrons. The van der Waals surface area contributed by atoms with Crippen molar-refractivity contribution < 1.29 is 23.2 Å². The Kier molecular flexibility index (Phi) is 5.53. The molecule has 0 aliphatic carbocycles. The lowest BCUT2D eigenvalue weighted by Gasteiger charge is -2.34. The van der Waals surface area contributed by atoms with Crippen LogP contribution in [0.25, 0.3) is 11.5 Å². The monoisotopic (exact) mass is 397 g/mol. The molecule has 3 heterocycles. The molecule has 0 saturated carbocycles. The van der Waals surface area contributed by atoms with E-state index in [1.54, 1.807) is 43.6 Å². The minimum atomic E-state index is -0.134. The van der Waals surface area contributed by atoms with Crippen molar-refractivity contribution in [2.75, 3.05) is 40.4 Å². The van der Waals surface area contributed by atoms with Crippen LogP contribution in [0.2, 0.25) is 0 Å². The molecule has 0 atom stereocenters. The van der Waals surface area contributed by atoms with Crippen LogP contribution in [0, 0.1) is 0 Å². The van der Waals surface area contributed by atoms with Gasteiger partial charge in [0.1, 0.15) is 11.5 Å². The Morgan fingerprint density at radius 2 is 1.90 bits per heavy atom. The zero-order valence-electron chi connectivity index (χ0n) is 16.5. The number of nitrogens with zero attached hydrogens (tertiary/aromatic N) is 3. The van der Waals surface area contributed by atoms with E-state index >= 15 is 0 Å². The molecule has 8 nitrogen and oxygen atoms in total. The highest BCUT2D eigenvalue weighted by Gasteiger charge is 2.25. The number of rotatable bonds is 6. The van der Waals surface area contributed by atoms with Crippen LogP contribution in [0.15, 0.2) is 51.6 Å². The number of methoxy groups -OCH3 is 2. The van der Waals surface area contributed by atoms with E-state index in [4.69, 9.17) is 18.4 Å². The molecule has 0 N–H and O–H groups in total. The number of ether oxygens (including phenoxy) is 2. The topological polar surface area (TPSA) is 81.2 Å². The molecule has 1 fully saturated rings. The number of carbonyl (C=O) groups is 1. The first-order valence-corrected chi connectivity index (χ1v) is 9.41. The summed E-state index contributed by atoms with van der Waals surface area (Å²) >= 11 is 0. The van der Waals surface area contributed by atoms with Crippen LogP contribution >= 0.6 is 0 Å². The Labute approximate surface area is 168 Å². The third kappa shape index (κ3) is 4.12. The lowest BCUT2D eigenvalue weighted by Crippen LogP contribution is -2.48. The summed E-state index contributed by atoms with van der Waals surface area (Å²) in [4.78, 5) is 16.8. The number of aromatic nitrogens is 1. The summed E-state index contributed by atoms with van der Waals surface area (Å²) in [6.07, 6.45) is 1.55. The maximum Gasteiger partial charge on any atom is 0.276 e. The minimum Gasteiger partial charge on any atom is -0.497 e. The van der Waals surface area contributed by atoms with Crippen LogP contribution in [-0.2, 0) is 6.54 Å². The molecule has 4 rings (SSSR count). The first kappa shape index (κ1) is 19.1. The van der Waals surface area contributed by atoms with E-state index in [9.17, 15) is 4.79 Å². The first-order chi connectivity index (χ1) is 14.2. The zero-order chi connectivity index (χ0) is 20.2. The van der Waals surface area contributed by atoms with Gasteiger partial charge in [0.05, 0.1) is 20.5 Å². The highest BCUT2D eigenvalue weighted by molar-refractivity contribution is 5.93. The molecule has 1 aliphatic rings. The van der Waals surface area contributed by atoms with Crippen molar-refractivity contribution in [2.45, 2.75) is 6.54 Å². The predicted molar refractivity (Wildman–Crippen MR) is 105 cm³/mol. The number of amides is 1. The normalized spacial score (nSPS) is 14.8. The fraction of sp³-hybridized carbons (Fsp3) is 0.333. The summed E-state index contributed by atoms with van der Waals surface area (Å²) in [5.41, 5.74) is 1.35. The molecule has 2 aromatic heterocycles. The number of carbonyl (C=O) groups excluding carboxylic acids is 1. The second-order valence-corrected chi connectivity index (χ2v) is 6.80. The molecule has 1 aliphatic heterocycles. The van der Waals surface area contributed by atoms with Gasteiger partial charge >= 0.3 is 0 Å². The summed E-state index contributed by atoms with van der Waals surface area (Å²) in [5.74, 6) is 2.49. The predicted octanol–water partition coefficient (Wildman–Crippen LogP) is 2.91. The van der Waals surface area contributed by atoms with Gasteiger partial charge in [-0.05, 0) is 30.3 Å². The summed E-state index contributed by atoms with van der Waals surface area (Å²) in [6, 6.07) is 10.9. The summed E-state index contributed by atoms with van der Waals surface area (Å²) in [7, 11) is 3.31. The van der Waals surface area contributed by atoms with Gasteiger partial charge in [0.25, 0.3) is 5.91 Å². The van der Waals surface area contributed by atoms with E-state index in [0.29, 0.717) is 30.3 Å². The molecule has 0 unspecified atom stereocenters. The van der Waals surface area contributed by atoms with Crippen LogP contribution in [0.4, 0.5) is 0 Å². The van der Waals surface area contributed by atoms with E-state index < -0.39 is 0 Å². The van der Waals surface area contributed by atoms with Crippen LogP contribution in [-0.4, -0.2) is 61.3 Å². The average molecular weight is 397 g/mol. The van der Waals surface area contributed by atoms with Crippen molar-refractivity contribution >= 4 is 5.91 Å². The highest BCUT2D eigenvalue weighted by Crippen LogP contribution is 2.26. The third-order valence-electron chi connectivity index (χ3n) is 5.03. The number of benzene rings is 1. The summed E-state index contributed by atoms with van der Waals surface area (Å²) < 4.78 is 21.3. The van der Waals surface area contributed by atoms with Gasteiger partial charge in [-0.1, -0.05) is 5.16 Å². The smallest absolute Gasteiger partial charge is 0.276 e. The van der Waals surface area contributed by atoms with Gasteiger partial charge in [0, 0.05) is 44.4 Å². The number of piperazine rings is 1. The first-order valence-electron chi connectivity index (χ1n) is 9.41. The van der Waals surface area contributed by atoms with E-state index in [1.165, 1.54) is 0 Å².